The van der Waals surface area contributed by atoms with E-state index < -0.39 is 5.60 Å². The van der Waals surface area contributed by atoms with Crippen molar-refractivity contribution in [1.82, 2.24) is 5.32 Å². The third-order valence-electron chi connectivity index (χ3n) is 3.02. The Hall–Kier alpha value is -0.380. The molecule has 0 radical (unpaired) electrons. The highest BCUT2D eigenvalue weighted by molar-refractivity contribution is 7.10. The molecule has 0 fully saturated rings. The molecule has 0 aliphatic rings. The second kappa shape index (κ2) is 5.64. The average Bonchev–Trinajstić information content (AvgIpc) is 2.79. The second-order valence-electron chi connectivity index (χ2n) is 4.05. The molecule has 0 unspecified atom stereocenters. The Morgan fingerprint density at radius 2 is 2.13 bits per heavy atom. The van der Waals surface area contributed by atoms with E-state index in [4.69, 9.17) is 0 Å². The Morgan fingerprint density at radius 3 is 2.60 bits per heavy atom. The van der Waals surface area contributed by atoms with E-state index in [1.54, 1.807) is 11.3 Å². The van der Waals surface area contributed by atoms with Crippen molar-refractivity contribution in [2.24, 2.45) is 0 Å². The van der Waals surface area contributed by atoms with Gasteiger partial charge in [0, 0.05) is 17.5 Å². The quantitative estimate of drug-likeness (QED) is 0.783. The lowest BCUT2D eigenvalue weighted by atomic mass is 9.97. The van der Waals surface area contributed by atoms with Crippen LogP contribution < -0.4 is 5.32 Å². The number of thiophene rings is 1. The van der Waals surface area contributed by atoms with Gasteiger partial charge in [0.15, 0.2) is 0 Å². The molecule has 0 saturated heterocycles. The fraction of sp³-hybridized carbons (Fsp3) is 0.667. The Kier molecular flexibility index (Phi) is 4.77. The van der Waals surface area contributed by atoms with E-state index in [0.29, 0.717) is 12.6 Å². The Bertz CT molecular complexity index is 267. The first kappa shape index (κ1) is 12.7. The Morgan fingerprint density at radius 1 is 1.47 bits per heavy atom. The lowest BCUT2D eigenvalue weighted by molar-refractivity contribution is 0.0304. The zero-order valence-electron chi connectivity index (χ0n) is 9.79. The average molecular weight is 227 g/mol. The highest BCUT2D eigenvalue weighted by Gasteiger charge is 2.22. The van der Waals surface area contributed by atoms with E-state index in [1.807, 2.05) is 13.8 Å². The monoisotopic (exact) mass is 227 g/mol. The van der Waals surface area contributed by atoms with Gasteiger partial charge in [0.25, 0.3) is 0 Å². The van der Waals surface area contributed by atoms with Gasteiger partial charge in [-0.3, -0.25) is 0 Å². The minimum absolute atomic E-state index is 0.328. The summed E-state index contributed by atoms with van der Waals surface area (Å²) in [5.41, 5.74) is -0.550. The summed E-state index contributed by atoms with van der Waals surface area (Å²) in [5.74, 6) is 0. The van der Waals surface area contributed by atoms with E-state index in [-0.39, 0.29) is 0 Å². The zero-order valence-corrected chi connectivity index (χ0v) is 10.6. The van der Waals surface area contributed by atoms with Crippen LogP contribution in [0.15, 0.2) is 17.5 Å². The minimum atomic E-state index is -0.550. The van der Waals surface area contributed by atoms with Gasteiger partial charge < -0.3 is 10.4 Å². The molecular weight excluding hydrogens is 206 g/mol. The molecule has 0 amide bonds. The largest absolute Gasteiger partial charge is 0.389 e. The Balaban J connectivity index is 2.43. The molecule has 0 aliphatic carbocycles. The van der Waals surface area contributed by atoms with E-state index in [9.17, 15) is 5.11 Å². The standard InChI is InChI=1S/C12H21NOS/c1-4-12(14,5-2)9-13-10(3)11-7-6-8-15-11/h6-8,10,13-14H,4-5,9H2,1-3H3/t10-/m1/s1. The number of hydrogen-bond donors (Lipinski definition) is 2. The predicted octanol–water partition coefficient (Wildman–Crippen LogP) is 2.95. The summed E-state index contributed by atoms with van der Waals surface area (Å²) in [4.78, 5) is 1.32. The van der Waals surface area contributed by atoms with Gasteiger partial charge in [-0.2, -0.15) is 0 Å². The first-order valence-electron chi connectivity index (χ1n) is 5.60. The molecule has 2 N–H and O–H groups in total. The summed E-state index contributed by atoms with van der Waals surface area (Å²) < 4.78 is 0. The van der Waals surface area contributed by atoms with Crippen molar-refractivity contribution in [3.63, 3.8) is 0 Å². The number of aliphatic hydroxyl groups is 1. The van der Waals surface area contributed by atoms with Crippen LogP contribution in [0.3, 0.4) is 0 Å². The summed E-state index contributed by atoms with van der Waals surface area (Å²) in [6, 6.07) is 4.51. The molecule has 1 rings (SSSR count). The van der Waals surface area contributed by atoms with Crippen molar-refractivity contribution in [2.45, 2.75) is 45.3 Å². The van der Waals surface area contributed by atoms with Gasteiger partial charge >= 0.3 is 0 Å². The molecule has 86 valence electrons. The molecule has 0 bridgehead atoms. The van der Waals surface area contributed by atoms with Crippen LogP contribution in [0.25, 0.3) is 0 Å². The lowest BCUT2D eigenvalue weighted by Gasteiger charge is -2.27. The molecule has 0 aromatic carbocycles. The topological polar surface area (TPSA) is 32.3 Å². The van der Waals surface area contributed by atoms with E-state index in [0.717, 1.165) is 12.8 Å². The summed E-state index contributed by atoms with van der Waals surface area (Å²) in [6.45, 7) is 6.86. The fourth-order valence-electron chi connectivity index (χ4n) is 1.48. The molecular formula is C12H21NOS. The minimum Gasteiger partial charge on any atom is -0.389 e. The van der Waals surface area contributed by atoms with E-state index in [2.05, 4.69) is 29.8 Å². The summed E-state index contributed by atoms with van der Waals surface area (Å²) in [5, 5.41) is 15.6. The first-order valence-corrected chi connectivity index (χ1v) is 6.48. The molecule has 2 nitrogen and oxygen atoms in total. The molecule has 1 heterocycles. The maximum atomic E-state index is 10.1. The van der Waals surface area contributed by atoms with Crippen LogP contribution >= 0.6 is 11.3 Å². The number of rotatable bonds is 6. The normalized spacial score (nSPS) is 14.1. The van der Waals surface area contributed by atoms with E-state index in [1.165, 1.54) is 4.88 Å². The molecule has 1 atom stereocenters. The smallest absolute Gasteiger partial charge is 0.0766 e. The third kappa shape index (κ3) is 3.59. The molecule has 1 aromatic rings. The molecule has 0 aliphatic heterocycles. The molecule has 0 spiro atoms. The number of hydrogen-bond acceptors (Lipinski definition) is 3. The summed E-state index contributed by atoms with van der Waals surface area (Å²) >= 11 is 1.75. The van der Waals surface area contributed by atoms with Crippen LogP contribution in [0.2, 0.25) is 0 Å². The van der Waals surface area contributed by atoms with Gasteiger partial charge in [0.1, 0.15) is 0 Å². The van der Waals surface area contributed by atoms with Crippen molar-refractivity contribution in [1.29, 1.82) is 0 Å². The van der Waals surface area contributed by atoms with Gasteiger partial charge in [-0.25, -0.2) is 0 Å². The van der Waals surface area contributed by atoms with Crippen LogP contribution in [-0.4, -0.2) is 17.3 Å². The third-order valence-corrected chi connectivity index (χ3v) is 4.08. The van der Waals surface area contributed by atoms with Gasteiger partial charge in [-0.05, 0) is 31.2 Å². The second-order valence-corrected chi connectivity index (χ2v) is 5.03. The molecule has 1 aromatic heterocycles. The first-order chi connectivity index (χ1) is 7.11. The van der Waals surface area contributed by atoms with E-state index >= 15 is 0 Å². The van der Waals surface area contributed by atoms with Crippen LogP contribution in [0.4, 0.5) is 0 Å². The maximum Gasteiger partial charge on any atom is 0.0766 e. The highest BCUT2D eigenvalue weighted by Crippen LogP contribution is 2.20. The number of nitrogens with one attached hydrogen (secondary N) is 1. The summed E-state index contributed by atoms with van der Waals surface area (Å²) in [7, 11) is 0. The van der Waals surface area contributed by atoms with Crippen LogP contribution in [0.5, 0.6) is 0 Å². The van der Waals surface area contributed by atoms with Gasteiger partial charge in [0.2, 0.25) is 0 Å². The molecule has 15 heavy (non-hydrogen) atoms. The molecule has 3 heteroatoms. The zero-order chi connectivity index (χ0) is 11.3. The van der Waals surface area contributed by atoms with Crippen molar-refractivity contribution < 1.29 is 5.11 Å². The lowest BCUT2D eigenvalue weighted by Crippen LogP contribution is -2.40. The van der Waals surface area contributed by atoms with Crippen LogP contribution in [0, 0.1) is 0 Å². The Labute approximate surface area is 96.3 Å². The highest BCUT2D eigenvalue weighted by atomic mass is 32.1. The van der Waals surface area contributed by atoms with Crippen molar-refractivity contribution in [3.8, 4) is 0 Å². The maximum absolute atomic E-state index is 10.1. The SMILES string of the molecule is CCC(O)(CC)CN[C@H](C)c1cccs1. The van der Waals surface area contributed by atoms with Crippen molar-refractivity contribution in [3.05, 3.63) is 22.4 Å². The van der Waals surface area contributed by atoms with Crippen molar-refractivity contribution in [2.75, 3.05) is 6.54 Å². The summed E-state index contributed by atoms with van der Waals surface area (Å²) in [6.07, 6.45) is 1.60. The fourth-order valence-corrected chi connectivity index (χ4v) is 2.24. The molecule has 0 saturated carbocycles. The van der Waals surface area contributed by atoms with Crippen LogP contribution in [-0.2, 0) is 0 Å². The van der Waals surface area contributed by atoms with Gasteiger partial charge in [0.05, 0.1) is 5.60 Å². The van der Waals surface area contributed by atoms with Crippen molar-refractivity contribution >= 4 is 11.3 Å². The van der Waals surface area contributed by atoms with Crippen LogP contribution in [0.1, 0.15) is 44.5 Å². The van der Waals surface area contributed by atoms with Gasteiger partial charge in [-0.15, -0.1) is 11.3 Å². The predicted molar refractivity (Wildman–Crippen MR) is 66.3 cm³/mol. The van der Waals surface area contributed by atoms with Gasteiger partial charge in [-0.1, -0.05) is 19.9 Å².